The highest BCUT2D eigenvalue weighted by atomic mass is 19.3. The predicted molar refractivity (Wildman–Crippen MR) is 86.5 cm³/mol. The first-order valence-corrected chi connectivity index (χ1v) is 7.83. The number of hydrogen-bond donors (Lipinski definition) is 3. The average Bonchev–Trinajstić information content (AvgIpc) is 3.10. The van der Waals surface area contributed by atoms with E-state index in [-0.39, 0.29) is 30.2 Å². The number of rotatable bonds is 6. The Bertz CT molecular complexity index is 715. The molecule has 0 radical (unpaired) electrons. The monoisotopic (exact) mass is 348 g/mol. The van der Waals surface area contributed by atoms with Crippen LogP contribution in [0.4, 0.5) is 8.78 Å². The van der Waals surface area contributed by atoms with E-state index in [1.54, 1.807) is 24.5 Å². The minimum Gasteiger partial charge on any atom is -0.435 e. The maximum absolute atomic E-state index is 12.5. The number of alkyl halides is 2. The van der Waals surface area contributed by atoms with Gasteiger partial charge in [0, 0.05) is 25.5 Å². The zero-order chi connectivity index (χ0) is 17.6. The van der Waals surface area contributed by atoms with Gasteiger partial charge in [-0.3, -0.25) is 15.2 Å². The van der Waals surface area contributed by atoms with E-state index in [2.05, 4.69) is 25.9 Å². The van der Waals surface area contributed by atoms with Crippen molar-refractivity contribution in [1.29, 1.82) is 0 Å². The molecule has 1 aromatic heterocycles. The third-order valence-corrected chi connectivity index (χ3v) is 3.95. The molecule has 1 aromatic carbocycles. The number of nitrogens with zero attached hydrogens (tertiary/aromatic N) is 1. The highest BCUT2D eigenvalue weighted by Gasteiger charge is 2.33. The first-order chi connectivity index (χ1) is 12.1. The van der Waals surface area contributed by atoms with Crippen LogP contribution in [-0.2, 0) is 11.3 Å². The maximum atomic E-state index is 12.5. The molecule has 2 aromatic rings. The van der Waals surface area contributed by atoms with Crippen molar-refractivity contribution in [3.05, 3.63) is 59.9 Å². The topological polar surface area (TPSA) is 75.3 Å². The third-order valence-electron chi connectivity index (χ3n) is 3.95. The molecule has 1 aliphatic rings. The van der Waals surface area contributed by atoms with Crippen molar-refractivity contribution in [2.45, 2.75) is 19.2 Å². The van der Waals surface area contributed by atoms with Crippen LogP contribution < -0.4 is 20.9 Å². The zero-order valence-corrected chi connectivity index (χ0v) is 13.3. The van der Waals surface area contributed by atoms with E-state index in [9.17, 15) is 13.6 Å². The van der Waals surface area contributed by atoms with Gasteiger partial charge in [-0.2, -0.15) is 8.78 Å². The van der Waals surface area contributed by atoms with Gasteiger partial charge < -0.3 is 10.1 Å². The number of benzene rings is 1. The number of ether oxygens (including phenoxy) is 1. The molecule has 8 heteroatoms. The fraction of sp³-hybridized carbons (Fsp3) is 0.294. The van der Waals surface area contributed by atoms with Gasteiger partial charge in [0.1, 0.15) is 5.75 Å². The van der Waals surface area contributed by atoms with Crippen molar-refractivity contribution in [2.75, 3.05) is 6.54 Å². The third kappa shape index (κ3) is 4.49. The van der Waals surface area contributed by atoms with Crippen molar-refractivity contribution in [3.63, 3.8) is 0 Å². The summed E-state index contributed by atoms with van der Waals surface area (Å²) in [4.78, 5) is 16.6. The SMILES string of the molecule is O=C(NCc1cccc(OC(F)F)c1)C1CNNC1c1cccnc1. The van der Waals surface area contributed by atoms with Crippen LogP contribution in [0, 0.1) is 5.92 Å². The number of hydrogen-bond acceptors (Lipinski definition) is 5. The Morgan fingerprint density at radius 3 is 3.00 bits per heavy atom. The first-order valence-electron chi connectivity index (χ1n) is 7.83. The second kappa shape index (κ2) is 8.00. The lowest BCUT2D eigenvalue weighted by Gasteiger charge is -2.18. The van der Waals surface area contributed by atoms with Crippen LogP contribution in [0.3, 0.4) is 0 Å². The van der Waals surface area contributed by atoms with E-state index in [0.717, 1.165) is 5.56 Å². The molecule has 0 bridgehead atoms. The van der Waals surface area contributed by atoms with Crippen molar-refractivity contribution in [3.8, 4) is 5.75 Å². The van der Waals surface area contributed by atoms with Gasteiger partial charge in [0.25, 0.3) is 0 Å². The summed E-state index contributed by atoms with van der Waals surface area (Å²) in [7, 11) is 0. The summed E-state index contributed by atoms with van der Waals surface area (Å²) < 4.78 is 28.9. The Balaban J connectivity index is 1.60. The lowest BCUT2D eigenvalue weighted by Crippen LogP contribution is -2.34. The Labute approximate surface area is 143 Å². The Morgan fingerprint density at radius 1 is 1.36 bits per heavy atom. The molecule has 1 aliphatic heterocycles. The molecule has 3 rings (SSSR count). The predicted octanol–water partition coefficient (Wildman–Crippen LogP) is 1.76. The standard InChI is InChI=1S/C17H18F2N4O2/c18-17(19)25-13-5-1-3-11(7-13)8-21-16(24)14-10-22-23-15(14)12-4-2-6-20-9-12/h1-7,9,14-15,17,22-23H,8,10H2,(H,21,24). The molecule has 2 atom stereocenters. The van der Waals surface area contributed by atoms with Crippen LogP contribution in [0.15, 0.2) is 48.8 Å². The van der Waals surface area contributed by atoms with Crippen LogP contribution in [-0.4, -0.2) is 24.0 Å². The van der Waals surface area contributed by atoms with Gasteiger partial charge in [0.2, 0.25) is 5.91 Å². The molecule has 132 valence electrons. The summed E-state index contributed by atoms with van der Waals surface area (Å²) in [5, 5.41) is 2.84. The minimum absolute atomic E-state index is 0.0687. The zero-order valence-electron chi connectivity index (χ0n) is 13.3. The van der Waals surface area contributed by atoms with Crippen LogP contribution in [0.5, 0.6) is 5.75 Å². The lowest BCUT2D eigenvalue weighted by molar-refractivity contribution is -0.125. The van der Waals surface area contributed by atoms with Gasteiger partial charge >= 0.3 is 6.61 Å². The van der Waals surface area contributed by atoms with Gasteiger partial charge in [-0.05, 0) is 29.3 Å². The molecule has 2 unspecified atom stereocenters. The van der Waals surface area contributed by atoms with Gasteiger partial charge in [-0.25, -0.2) is 5.43 Å². The molecule has 25 heavy (non-hydrogen) atoms. The van der Waals surface area contributed by atoms with E-state index in [1.807, 2.05) is 12.1 Å². The second-order valence-electron chi connectivity index (χ2n) is 5.64. The number of hydrazine groups is 1. The van der Waals surface area contributed by atoms with Crippen LogP contribution in [0.2, 0.25) is 0 Å². The van der Waals surface area contributed by atoms with Gasteiger partial charge in [0.05, 0.1) is 12.0 Å². The molecule has 6 nitrogen and oxygen atoms in total. The lowest BCUT2D eigenvalue weighted by atomic mass is 9.95. The largest absolute Gasteiger partial charge is 0.435 e. The van der Waals surface area contributed by atoms with Crippen LogP contribution in [0.1, 0.15) is 17.2 Å². The molecule has 0 spiro atoms. The van der Waals surface area contributed by atoms with Crippen LogP contribution >= 0.6 is 0 Å². The maximum Gasteiger partial charge on any atom is 0.387 e. The molecule has 2 heterocycles. The van der Waals surface area contributed by atoms with Crippen molar-refractivity contribution >= 4 is 5.91 Å². The highest BCUT2D eigenvalue weighted by molar-refractivity contribution is 5.80. The molecular weight excluding hydrogens is 330 g/mol. The molecule has 1 amide bonds. The number of carbonyl (C=O) groups is 1. The van der Waals surface area contributed by atoms with Crippen molar-refractivity contribution in [1.82, 2.24) is 21.2 Å². The van der Waals surface area contributed by atoms with Gasteiger partial charge in [0.15, 0.2) is 0 Å². The summed E-state index contributed by atoms with van der Waals surface area (Å²) in [5.41, 5.74) is 7.67. The van der Waals surface area contributed by atoms with Gasteiger partial charge in [-0.1, -0.05) is 18.2 Å². The summed E-state index contributed by atoms with van der Waals surface area (Å²) in [6.45, 7) is -2.16. The number of carbonyl (C=O) groups excluding carboxylic acids is 1. The van der Waals surface area contributed by atoms with Crippen molar-refractivity contribution in [2.24, 2.45) is 5.92 Å². The van der Waals surface area contributed by atoms with Crippen molar-refractivity contribution < 1.29 is 18.3 Å². The average molecular weight is 348 g/mol. The summed E-state index contributed by atoms with van der Waals surface area (Å²) in [5.74, 6) is -0.365. The van der Waals surface area contributed by atoms with Crippen LogP contribution in [0.25, 0.3) is 0 Å². The molecule has 1 fully saturated rings. The van der Waals surface area contributed by atoms with E-state index in [4.69, 9.17) is 0 Å². The smallest absolute Gasteiger partial charge is 0.387 e. The summed E-state index contributed by atoms with van der Waals surface area (Å²) in [6, 6.07) is 9.82. The quantitative estimate of drug-likeness (QED) is 0.742. The second-order valence-corrected chi connectivity index (χ2v) is 5.64. The molecular formula is C17H18F2N4O2. The summed E-state index contributed by atoms with van der Waals surface area (Å²) >= 11 is 0. The summed E-state index contributed by atoms with van der Waals surface area (Å²) in [6.07, 6.45) is 3.39. The number of halogens is 2. The van der Waals surface area contributed by atoms with E-state index < -0.39 is 6.61 Å². The molecule has 0 aliphatic carbocycles. The number of nitrogens with one attached hydrogen (secondary N) is 3. The number of amides is 1. The Morgan fingerprint density at radius 2 is 2.24 bits per heavy atom. The normalized spacial score (nSPS) is 19.8. The van der Waals surface area contributed by atoms with E-state index >= 15 is 0 Å². The minimum atomic E-state index is -2.87. The fourth-order valence-corrected chi connectivity index (χ4v) is 2.77. The molecule has 0 saturated carbocycles. The molecule has 3 N–H and O–H groups in total. The molecule has 1 saturated heterocycles. The van der Waals surface area contributed by atoms with Gasteiger partial charge in [-0.15, -0.1) is 0 Å². The van der Waals surface area contributed by atoms with E-state index in [1.165, 1.54) is 12.1 Å². The fourth-order valence-electron chi connectivity index (χ4n) is 2.77. The first kappa shape index (κ1) is 17.2. The Kier molecular flexibility index (Phi) is 5.52. The highest BCUT2D eigenvalue weighted by Crippen LogP contribution is 2.24. The Hall–Kier alpha value is -2.58. The van der Waals surface area contributed by atoms with E-state index in [0.29, 0.717) is 12.1 Å². The number of aromatic nitrogens is 1. The number of pyridine rings is 1.